The molecule has 3 aromatic rings. The van der Waals surface area contributed by atoms with Gasteiger partial charge >= 0.3 is 0 Å². The minimum atomic E-state index is -0.0335. The third-order valence-electron chi connectivity index (χ3n) is 3.10. The minimum Gasteiger partial charge on any atom is -0.352 e. The second-order valence-corrected chi connectivity index (χ2v) is 5.94. The Hall–Kier alpha value is -1.96. The largest absolute Gasteiger partial charge is 0.352 e. The molecule has 106 valence electrons. The smallest absolute Gasteiger partial charge is 0.217 e. The standard InChI is InChI=1S/C15H13IN4O/c1-10(21)18-8-11-2-3-14-12(6-11)9-19-20(14)15-7-13(16)4-5-17-15/h2-7,9H,8H2,1H3,(H,18,21). The molecular formula is C15H13IN4O. The molecule has 0 aliphatic heterocycles. The Labute approximate surface area is 135 Å². The zero-order chi connectivity index (χ0) is 14.8. The molecule has 0 saturated heterocycles. The van der Waals surface area contributed by atoms with E-state index >= 15 is 0 Å². The second kappa shape index (κ2) is 5.80. The Morgan fingerprint density at radius 2 is 2.19 bits per heavy atom. The van der Waals surface area contributed by atoms with Crippen LogP contribution in [0.15, 0.2) is 42.7 Å². The van der Waals surface area contributed by atoms with Gasteiger partial charge in [-0.3, -0.25) is 4.79 Å². The van der Waals surface area contributed by atoms with Crippen LogP contribution < -0.4 is 5.32 Å². The molecule has 5 nitrogen and oxygen atoms in total. The van der Waals surface area contributed by atoms with Gasteiger partial charge in [0.25, 0.3) is 0 Å². The van der Waals surface area contributed by atoms with E-state index in [-0.39, 0.29) is 5.91 Å². The number of halogens is 1. The van der Waals surface area contributed by atoms with Gasteiger partial charge in [0.05, 0.1) is 11.7 Å². The van der Waals surface area contributed by atoms with Crippen molar-refractivity contribution in [1.82, 2.24) is 20.1 Å². The predicted octanol–water partition coefficient (Wildman–Crippen LogP) is 2.66. The number of amides is 1. The maximum Gasteiger partial charge on any atom is 0.217 e. The highest BCUT2D eigenvalue weighted by molar-refractivity contribution is 14.1. The lowest BCUT2D eigenvalue weighted by Gasteiger charge is -2.05. The highest BCUT2D eigenvalue weighted by Crippen LogP contribution is 2.19. The molecule has 2 aromatic heterocycles. The molecule has 0 bridgehead atoms. The summed E-state index contributed by atoms with van der Waals surface area (Å²) in [7, 11) is 0. The summed E-state index contributed by atoms with van der Waals surface area (Å²) in [6.45, 7) is 2.04. The normalized spacial score (nSPS) is 10.8. The van der Waals surface area contributed by atoms with Crippen molar-refractivity contribution in [3.8, 4) is 5.82 Å². The first-order valence-corrected chi connectivity index (χ1v) is 7.54. The highest BCUT2D eigenvalue weighted by Gasteiger charge is 2.07. The summed E-state index contributed by atoms with van der Waals surface area (Å²) in [5.41, 5.74) is 2.05. The summed E-state index contributed by atoms with van der Waals surface area (Å²) >= 11 is 2.26. The van der Waals surface area contributed by atoms with Gasteiger partial charge in [0.2, 0.25) is 5.91 Å². The van der Waals surface area contributed by atoms with Crippen molar-refractivity contribution in [3.63, 3.8) is 0 Å². The predicted molar refractivity (Wildman–Crippen MR) is 89.1 cm³/mol. The van der Waals surface area contributed by atoms with E-state index in [9.17, 15) is 4.79 Å². The van der Waals surface area contributed by atoms with E-state index in [0.29, 0.717) is 6.54 Å². The number of carbonyl (C=O) groups excluding carboxylic acids is 1. The van der Waals surface area contributed by atoms with Crippen molar-refractivity contribution >= 4 is 39.4 Å². The molecule has 0 spiro atoms. The number of pyridine rings is 1. The van der Waals surface area contributed by atoms with Crippen molar-refractivity contribution in [2.45, 2.75) is 13.5 Å². The molecule has 0 aliphatic rings. The number of hydrogen-bond acceptors (Lipinski definition) is 3. The van der Waals surface area contributed by atoms with E-state index in [0.717, 1.165) is 25.9 Å². The fourth-order valence-electron chi connectivity index (χ4n) is 2.11. The molecular weight excluding hydrogens is 379 g/mol. The monoisotopic (exact) mass is 392 g/mol. The van der Waals surface area contributed by atoms with Crippen LogP contribution in [-0.4, -0.2) is 20.7 Å². The molecule has 6 heteroatoms. The topological polar surface area (TPSA) is 59.8 Å². The Balaban J connectivity index is 1.98. The number of rotatable bonds is 3. The number of nitrogens with one attached hydrogen (secondary N) is 1. The second-order valence-electron chi connectivity index (χ2n) is 4.69. The molecule has 21 heavy (non-hydrogen) atoms. The zero-order valence-electron chi connectivity index (χ0n) is 11.4. The summed E-state index contributed by atoms with van der Waals surface area (Å²) in [5, 5.41) is 8.23. The highest BCUT2D eigenvalue weighted by atomic mass is 127. The maximum absolute atomic E-state index is 11.0. The zero-order valence-corrected chi connectivity index (χ0v) is 13.5. The van der Waals surface area contributed by atoms with Crippen molar-refractivity contribution in [1.29, 1.82) is 0 Å². The fourth-order valence-corrected chi connectivity index (χ4v) is 2.55. The van der Waals surface area contributed by atoms with Gasteiger partial charge in [-0.2, -0.15) is 5.10 Å². The lowest BCUT2D eigenvalue weighted by molar-refractivity contribution is -0.119. The van der Waals surface area contributed by atoms with E-state index in [2.05, 4.69) is 38.0 Å². The Bertz CT molecular complexity index is 812. The molecule has 2 heterocycles. The van der Waals surface area contributed by atoms with Crippen LogP contribution in [-0.2, 0) is 11.3 Å². The lowest BCUT2D eigenvalue weighted by Crippen LogP contribution is -2.18. The van der Waals surface area contributed by atoms with E-state index in [1.54, 1.807) is 6.20 Å². The molecule has 0 aliphatic carbocycles. The molecule has 0 atom stereocenters. The summed E-state index contributed by atoms with van der Waals surface area (Å²) in [5.74, 6) is 0.764. The first kappa shape index (κ1) is 14.0. The average Bonchev–Trinajstić information content (AvgIpc) is 2.88. The van der Waals surface area contributed by atoms with Crippen molar-refractivity contribution in [3.05, 3.63) is 51.9 Å². The number of aromatic nitrogens is 3. The van der Waals surface area contributed by atoms with Crippen molar-refractivity contribution < 1.29 is 4.79 Å². The number of fused-ring (bicyclic) bond motifs is 1. The summed E-state index contributed by atoms with van der Waals surface area (Å²) in [6, 6.07) is 9.95. The van der Waals surface area contributed by atoms with E-state index in [4.69, 9.17) is 0 Å². The van der Waals surface area contributed by atoms with Crippen LogP contribution in [0.3, 0.4) is 0 Å². The number of carbonyl (C=O) groups is 1. The van der Waals surface area contributed by atoms with Crippen LogP contribution in [0.2, 0.25) is 0 Å². The van der Waals surface area contributed by atoms with Crippen molar-refractivity contribution in [2.24, 2.45) is 0 Å². The van der Waals surface area contributed by atoms with E-state index in [1.165, 1.54) is 6.92 Å². The van der Waals surface area contributed by atoms with Gasteiger partial charge in [-0.1, -0.05) is 6.07 Å². The molecule has 1 amide bonds. The van der Waals surface area contributed by atoms with Crippen molar-refractivity contribution in [2.75, 3.05) is 0 Å². The van der Waals surface area contributed by atoms with Crippen LogP contribution >= 0.6 is 22.6 Å². The van der Waals surface area contributed by atoms with Crippen LogP contribution in [0.4, 0.5) is 0 Å². The van der Waals surface area contributed by atoms with Crippen LogP contribution in [0.1, 0.15) is 12.5 Å². The SMILES string of the molecule is CC(=O)NCc1ccc2c(cnn2-c2cc(I)ccn2)c1. The van der Waals surface area contributed by atoms with Gasteiger partial charge in [0.1, 0.15) is 0 Å². The molecule has 0 fully saturated rings. The molecule has 0 saturated carbocycles. The number of benzene rings is 1. The molecule has 1 N–H and O–H groups in total. The van der Waals surface area contributed by atoms with Gasteiger partial charge < -0.3 is 5.32 Å². The van der Waals surface area contributed by atoms with Gasteiger partial charge in [0, 0.05) is 28.6 Å². The van der Waals surface area contributed by atoms with E-state index in [1.807, 2.05) is 41.2 Å². The van der Waals surface area contributed by atoms with Gasteiger partial charge in [-0.25, -0.2) is 9.67 Å². The lowest BCUT2D eigenvalue weighted by atomic mass is 10.1. The summed E-state index contributed by atoms with van der Waals surface area (Å²) in [4.78, 5) is 15.3. The Kier molecular flexibility index (Phi) is 3.87. The van der Waals surface area contributed by atoms with Gasteiger partial charge in [-0.05, 0) is 52.4 Å². The van der Waals surface area contributed by atoms with Gasteiger partial charge in [0.15, 0.2) is 5.82 Å². The first-order valence-electron chi connectivity index (χ1n) is 6.46. The molecule has 0 unspecified atom stereocenters. The van der Waals surface area contributed by atoms with Gasteiger partial charge in [-0.15, -0.1) is 0 Å². The average molecular weight is 392 g/mol. The quantitative estimate of drug-likeness (QED) is 0.698. The third kappa shape index (κ3) is 3.05. The first-order chi connectivity index (χ1) is 10.1. The third-order valence-corrected chi connectivity index (χ3v) is 3.77. The Morgan fingerprint density at radius 3 is 2.95 bits per heavy atom. The summed E-state index contributed by atoms with van der Waals surface area (Å²) in [6.07, 6.45) is 3.59. The fraction of sp³-hybridized carbons (Fsp3) is 0.133. The number of hydrogen-bond donors (Lipinski definition) is 1. The molecule has 1 aromatic carbocycles. The maximum atomic E-state index is 11.0. The van der Waals surface area contributed by atoms with Crippen LogP contribution in [0, 0.1) is 3.57 Å². The van der Waals surface area contributed by atoms with E-state index < -0.39 is 0 Å². The van der Waals surface area contributed by atoms with Crippen LogP contribution in [0.5, 0.6) is 0 Å². The summed E-state index contributed by atoms with van der Waals surface area (Å²) < 4.78 is 2.93. The minimum absolute atomic E-state index is 0.0335. The molecule has 0 radical (unpaired) electrons. The molecule has 3 rings (SSSR count). The van der Waals surface area contributed by atoms with Crippen LogP contribution in [0.25, 0.3) is 16.7 Å². The Morgan fingerprint density at radius 1 is 1.33 bits per heavy atom. The number of nitrogens with zero attached hydrogens (tertiary/aromatic N) is 3.